The van der Waals surface area contributed by atoms with Crippen LogP contribution in [-0.4, -0.2) is 72.4 Å². The van der Waals surface area contributed by atoms with E-state index < -0.39 is 10.0 Å². The molecular weight excluding hydrogens is 519 g/mol. The molecule has 0 saturated carbocycles. The van der Waals surface area contributed by atoms with E-state index in [0.29, 0.717) is 19.1 Å². The van der Waals surface area contributed by atoms with Crippen molar-refractivity contribution < 1.29 is 17.9 Å². The van der Waals surface area contributed by atoms with Crippen LogP contribution >= 0.6 is 24.0 Å². The standard InChI is InChI=1S/C20H34N4O4S.HI/c1-4-21-20(24-11-9-18(15-24)16-28-5-2)22-14-17-7-6-8-19(13-17)29(25,26)23-10-12-27-3;/h6-8,13,18,23H,4-5,9-12,14-16H2,1-3H3,(H,21,22);1H. The first-order valence-electron chi connectivity index (χ1n) is 10.2. The normalized spacial score (nSPS) is 17.1. The molecule has 1 aliphatic rings. The summed E-state index contributed by atoms with van der Waals surface area (Å²) in [6, 6.07) is 6.90. The van der Waals surface area contributed by atoms with Crippen LogP contribution in [0.3, 0.4) is 0 Å². The molecule has 2 N–H and O–H groups in total. The topological polar surface area (TPSA) is 92.3 Å². The number of methoxy groups -OCH3 is 1. The smallest absolute Gasteiger partial charge is 0.240 e. The Kier molecular flexibility index (Phi) is 12.8. The van der Waals surface area contributed by atoms with Gasteiger partial charge >= 0.3 is 0 Å². The number of ether oxygens (including phenoxy) is 2. The Morgan fingerprint density at radius 1 is 1.33 bits per heavy atom. The fourth-order valence-electron chi connectivity index (χ4n) is 3.21. The quantitative estimate of drug-likeness (QED) is 0.188. The number of benzene rings is 1. The van der Waals surface area contributed by atoms with E-state index in [2.05, 4.69) is 14.9 Å². The highest BCUT2D eigenvalue weighted by atomic mass is 127. The number of hydrogen-bond acceptors (Lipinski definition) is 5. The number of likely N-dealkylation sites (tertiary alicyclic amines) is 1. The average molecular weight is 554 g/mol. The van der Waals surface area contributed by atoms with Crippen LogP contribution in [0.25, 0.3) is 0 Å². The van der Waals surface area contributed by atoms with E-state index >= 15 is 0 Å². The lowest BCUT2D eigenvalue weighted by Crippen LogP contribution is -2.40. The van der Waals surface area contributed by atoms with Crippen molar-refractivity contribution in [1.82, 2.24) is 14.9 Å². The van der Waals surface area contributed by atoms with Crippen molar-refractivity contribution in [3.8, 4) is 0 Å². The van der Waals surface area contributed by atoms with Gasteiger partial charge in [0.05, 0.1) is 24.7 Å². The molecule has 0 radical (unpaired) electrons. The molecule has 1 atom stereocenters. The van der Waals surface area contributed by atoms with Gasteiger partial charge < -0.3 is 19.7 Å². The molecule has 1 aromatic carbocycles. The monoisotopic (exact) mass is 554 g/mol. The van der Waals surface area contributed by atoms with Crippen LogP contribution in [0.2, 0.25) is 0 Å². The third-order valence-corrected chi connectivity index (χ3v) is 6.16. The largest absolute Gasteiger partial charge is 0.383 e. The molecule has 172 valence electrons. The minimum Gasteiger partial charge on any atom is -0.383 e. The zero-order valence-corrected chi connectivity index (χ0v) is 21.2. The molecule has 1 aliphatic heterocycles. The summed E-state index contributed by atoms with van der Waals surface area (Å²) in [6.07, 6.45) is 1.09. The summed E-state index contributed by atoms with van der Waals surface area (Å²) in [7, 11) is -2.02. The van der Waals surface area contributed by atoms with E-state index in [9.17, 15) is 8.42 Å². The third-order valence-electron chi connectivity index (χ3n) is 4.70. The maximum Gasteiger partial charge on any atom is 0.240 e. The predicted molar refractivity (Wildman–Crippen MR) is 130 cm³/mol. The van der Waals surface area contributed by atoms with Gasteiger partial charge in [-0.05, 0) is 38.0 Å². The average Bonchev–Trinajstić information content (AvgIpc) is 3.18. The van der Waals surface area contributed by atoms with E-state index in [1.54, 1.807) is 18.2 Å². The second-order valence-corrected chi connectivity index (χ2v) is 8.74. The number of aliphatic imine (C=N–C) groups is 1. The highest BCUT2D eigenvalue weighted by molar-refractivity contribution is 14.0. The second-order valence-electron chi connectivity index (χ2n) is 6.97. The van der Waals surface area contributed by atoms with Crippen LogP contribution in [0.4, 0.5) is 0 Å². The van der Waals surface area contributed by atoms with Crippen LogP contribution in [0.5, 0.6) is 0 Å². The molecule has 0 aromatic heterocycles. The Morgan fingerprint density at radius 3 is 2.83 bits per heavy atom. The van der Waals surface area contributed by atoms with Crippen molar-refractivity contribution in [3.05, 3.63) is 29.8 Å². The van der Waals surface area contributed by atoms with Crippen molar-refractivity contribution in [1.29, 1.82) is 0 Å². The number of sulfonamides is 1. The molecule has 2 rings (SSSR count). The summed E-state index contributed by atoms with van der Waals surface area (Å²) >= 11 is 0. The molecule has 0 spiro atoms. The van der Waals surface area contributed by atoms with Gasteiger partial charge in [-0.1, -0.05) is 12.1 Å². The van der Waals surface area contributed by atoms with Gasteiger partial charge in [0.25, 0.3) is 0 Å². The molecule has 1 aromatic rings. The Balaban J connectivity index is 0.00000450. The van der Waals surface area contributed by atoms with Gasteiger partial charge in [0.1, 0.15) is 0 Å². The Hall–Kier alpha value is -0.950. The summed E-state index contributed by atoms with van der Waals surface area (Å²) in [6.45, 7) is 9.21. The number of halogens is 1. The minimum absolute atomic E-state index is 0. The second kappa shape index (κ2) is 14.2. The first-order chi connectivity index (χ1) is 14.0. The molecule has 1 unspecified atom stereocenters. The highest BCUT2D eigenvalue weighted by Gasteiger charge is 2.24. The number of nitrogens with one attached hydrogen (secondary N) is 2. The summed E-state index contributed by atoms with van der Waals surface area (Å²) in [5, 5.41) is 3.34. The number of hydrogen-bond donors (Lipinski definition) is 2. The van der Waals surface area contributed by atoms with Crippen molar-refractivity contribution in [2.75, 3.05) is 53.1 Å². The molecule has 30 heavy (non-hydrogen) atoms. The summed E-state index contributed by atoms with van der Waals surface area (Å²) < 4.78 is 37.8. The van der Waals surface area contributed by atoms with Gasteiger partial charge in [-0.15, -0.1) is 24.0 Å². The lowest BCUT2D eigenvalue weighted by molar-refractivity contribution is 0.114. The van der Waals surface area contributed by atoms with Crippen LogP contribution in [0, 0.1) is 5.92 Å². The van der Waals surface area contributed by atoms with E-state index in [-0.39, 0.29) is 35.4 Å². The summed E-state index contributed by atoms with van der Waals surface area (Å²) in [4.78, 5) is 7.22. The van der Waals surface area contributed by atoms with Crippen LogP contribution in [0.15, 0.2) is 34.2 Å². The Morgan fingerprint density at radius 2 is 2.13 bits per heavy atom. The number of rotatable bonds is 11. The van der Waals surface area contributed by atoms with Crippen molar-refractivity contribution in [2.24, 2.45) is 10.9 Å². The molecule has 0 aliphatic carbocycles. The first kappa shape index (κ1) is 27.1. The van der Waals surface area contributed by atoms with Gasteiger partial charge in [0.2, 0.25) is 10.0 Å². The third kappa shape index (κ3) is 8.66. The zero-order valence-electron chi connectivity index (χ0n) is 18.1. The van der Waals surface area contributed by atoms with E-state index in [1.807, 2.05) is 19.9 Å². The maximum atomic E-state index is 12.4. The molecular formula is C20H35IN4O4S. The van der Waals surface area contributed by atoms with Crippen LogP contribution in [0.1, 0.15) is 25.8 Å². The zero-order chi connectivity index (χ0) is 21.1. The molecule has 8 nitrogen and oxygen atoms in total. The summed E-state index contributed by atoms with van der Waals surface area (Å²) in [5.74, 6) is 1.38. The van der Waals surface area contributed by atoms with Crippen LogP contribution < -0.4 is 10.0 Å². The maximum absolute atomic E-state index is 12.4. The molecule has 10 heteroatoms. The Bertz CT molecular complexity index is 761. The van der Waals surface area contributed by atoms with Crippen molar-refractivity contribution >= 4 is 40.0 Å². The first-order valence-corrected chi connectivity index (χ1v) is 11.7. The fourth-order valence-corrected chi connectivity index (χ4v) is 4.29. The predicted octanol–water partition coefficient (Wildman–Crippen LogP) is 2.05. The molecule has 0 bridgehead atoms. The SMILES string of the molecule is CCNC(=NCc1cccc(S(=O)(=O)NCCOC)c1)N1CCC(COCC)C1.I. The Labute approximate surface area is 197 Å². The van der Waals surface area contributed by atoms with Crippen molar-refractivity contribution in [3.63, 3.8) is 0 Å². The minimum atomic E-state index is -3.55. The van der Waals surface area contributed by atoms with Gasteiger partial charge in [0.15, 0.2) is 5.96 Å². The summed E-state index contributed by atoms with van der Waals surface area (Å²) in [5.41, 5.74) is 0.847. The van der Waals surface area contributed by atoms with Gasteiger partial charge in [-0.2, -0.15) is 0 Å². The van der Waals surface area contributed by atoms with Crippen LogP contribution in [-0.2, 0) is 26.0 Å². The molecule has 1 fully saturated rings. The van der Waals surface area contributed by atoms with E-state index in [1.165, 1.54) is 7.11 Å². The van der Waals surface area contributed by atoms with E-state index in [0.717, 1.165) is 50.8 Å². The lowest BCUT2D eigenvalue weighted by atomic mass is 10.1. The molecule has 0 amide bonds. The molecule has 1 saturated heterocycles. The molecule has 1 heterocycles. The number of guanidine groups is 1. The van der Waals surface area contributed by atoms with E-state index in [4.69, 9.17) is 14.5 Å². The highest BCUT2D eigenvalue weighted by Crippen LogP contribution is 2.17. The van der Waals surface area contributed by atoms with Gasteiger partial charge in [-0.25, -0.2) is 18.1 Å². The van der Waals surface area contributed by atoms with Gasteiger partial charge in [-0.3, -0.25) is 0 Å². The fraction of sp³-hybridized carbons (Fsp3) is 0.650. The lowest BCUT2D eigenvalue weighted by Gasteiger charge is -2.21. The van der Waals surface area contributed by atoms with Crippen molar-refractivity contribution in [2.45, 2.75) is 31.7 Å². The van der Waals surface area contributed by atoms with Gasteiger partial charge in [0, 0.05) is 45.8 Å². The number of nitrogens with zero attached hydrogens (tertiary/aromatic N) is 2.